The van der Waals surface area contributed by atoms with Crippen molar-refractivity contribution < 1.29 is 0 Å². The van der Waals surface area contributed by atoms with Crippen molar-refractivity contribution in [2.45, 2.75) is 20.3 Å². The van der Waals surface area contributed by atoms with Gasteiger partial charge < -0.3 is 5.32 Å². The molecule has 0 fully saturated rings. The molecule has 1 heterocycles. The Morgan fingerprint density at radius 1 is 1.08 bits per heavy atom. The first-order valence-corrected chi connectivity index (χ1v) is 4.23. The molecule has 1 heteroatoms. The third kappa shape index (κ3) is 3.24. The Morgan fingerprint density at radius 2 is 1.92 bits per heavy atom. The molecule has 1 N–H and O–H groups in total. The van der Waals surface area contributed by atoms with Gasteiger partial charge in [-0.15, -0.1) is 0 Å². The second-order valence-electron chi connectivity index (χ2n) is 2.91. The normalized spacial score (nSPS) is 31.8. The molecule has 0 bridgehead atoms. The first kappa shape index (κ1) is 8.85. The summed E-state index contributed by atoms with van der Waals surface area (Å²) in [7, 11) is 0. The lowest BCUT2D eigenvalue weighted by Gasteiger charge is -2.05. The van der Waals surface area contributed by atoms with Gasteiger partial charge in [0.05, 0.1) is 0 Å². The molecule has 1 aliphatic rings. The summed E-state index contributed by atoms with van der Waals surface area (Å²) in [4.78, 5) is 0. The van der Waals surface area contributed by atoms with Crippen molar-refractivity contribution in [3.05, 3.63) is 47.9 Å². The number of allylic oxidation sites excluding steroid dienone is 8. The van der Waals surface area contributed by atoms with E-state index in [2.05, 4.69) is 43.5 Å². The maximum absolute atomic E-state index is 3.29. The van der Waals surface area contributed by atoms with Crippen LogP contribution in [-0.2, 0) is 0 Å². The molecule has 0 spiro atoms. The van der Waals surface area contributed by atoms with Crippen molar-refractivity contribution >= 4 is 0 Å². The lowest BCUT2D eigenvalue weighted by atomic mass is 10.2. The Morgan fingerprint density at radius 3 is 2.75 bits per heavy atom. The van der Waals surface area contributed by atoms with Crippen molar-refractivity contribution in [2.24, 2.45) is 0 Å². The molecule has 0 amide bonds. The maximum Gasteiger partial charge on any atom is 0.0117 e. The summed E-state index contributed by atoms with van der Waals surface area (Å²) in [6.07, 6.45) is 13.5. The number of hydrogen-bond donors (Lipinski definition) is 1. The molecule has 1 nitrogen and oxygen atoms in total. The average molecular weight is 161 g/mol. The van der Waals surface area contributed by atoms with Crippen LogP contribution in [-0.4, -0.2) is 0 Å². The zero-order valence-electron chi connectivity index (χ0n) is 7.67. The van der Waals surface area contributed by atoms with Crippen LogP contribution in [0.4, 0.5) is 0 Å². The van der Waals surface area contributed by atoms with E-state index in [1.54, 1.807) is 0 Å². The Bertz CT molecular complexity index is 254. The van der Waals surface area contributed by atoms with E-state index in [1.165, 1.54) is 11.4 Å². The quantitative estimate of drug-likeness (QED) is 0.576. The molecular weight excluding hydrogens is 146 g/mol. The SMILES string of the molecule is C/C1=C/C/C=C/C=C\C=C(/C)N1. The van der Waals surface area contributed by atoms with Crippen LogP contribution in [0.2, 0.25) is 0 Å². The number of hydrogen-bond acceptors (Lipinski definition) is 1. The topological polar surface area (TPSA) is 12.0 Å². The molecule has 0 saturated heterocycles. The minimum absolute atomic E-state index is 0.996. The predicted octanol–water partition coefficient (Wildman–Crippen LogP) is 2.90. The molecule has 0 atom stereocenters. The fourth-order valence-electron chi connectivity index (χ4n) is 1.07. The van der Waals surface area contributed by atoms with Crippen LogP contribution in [0, 0.1) is 0 Å². The van der Waals surface area contributed by atoms with E-state index >= 15 is 0 Å². The van der Waals surface area contributed by atoms with Crippen molar-refractivity contribution in [1.82, 2.24) is 5.32 Å². The van der Waals surface area contributed by atoms with Crippen molar-refractivity contribution in [3.8, 4) is 0 Å². The van der Waals surface area contributed by atoms with Crippen LogP contribution in [0.3, 0.4) is 0 Å². The van der Waals surface area contributed by atoms with Gasteiger partial charge in [0.1, 0.15) is 0 Å². The Labute approximate surface area is 74.2 Å². The van der Waals surface area contributed by atoms with Gasteiger partial charge in [-0.1, -0.05) is 30.4 Å². The number of rotatable bonds is 0. The summed E-state index contributed by atoms with van der Waals surface area (Å²) in [5, 5.41) is 3.29. The molecule has 0 unspecified atom stereocenters. The van der Waals surface area contributed by atoms with E-state index in [-0.39, 0.29) is 0 Å². The van der Waals surface area contributed by atoms with Crippen LogP contribution < -0.4 is 5.32 Å². The molecule has 0 aromatic rings. The Hall–Kier alpha value is -1.24. The molecule has 64 valence electrons. The van der Waals surface area contributed by atoms with E-state index in [1.807, 2.05) is 12.2 Å². The monoisotopic (exact) mass is 161 g/mol. The van der Waals surface area contributed by atoms with Gasteiger partial charge in [0.15, 0.2) is 0 Å². The van der Waals surface area contributed by atoms with Gasteiger partial charge in [0, 0.05) is 11.4 Å². The fraction of sp³-hybridized carbons (Fsp3) is 0.273. The van der Waals surface area contributed by atoms with Gasteiger partial charge in [-0.25, -0.2) is 0 Å². The van der Waals surface area contributed by atoms with Crippen molar-refractivity contribution in [1.29, 1.82) is 0 Å². The highest BCUT2D eigenvalue weighted by Crippen LogP contribution is 1.99. The summed E-state index contributed by atoms with van der Waals surface area (Å²) in [6, 6.07) is 0. The highest BCUT2D eigenvalue weighted by Gasteiger charge is 1.88. The van der Waals surface area contributed by atoms with Crippen molar-refractivity contribution in [3.63, 3.8) is 0 Å². The zero-order valence-corrected chi connectivity index (χ0v) is 7.67. The largest absolute Gasteiger partial charge is 0.363 e. The number of nitrogens with one attached hydrogen (secondary N) is 1. The third-order valence-electron chi connectivity index (χ3n) is 1.66. The third-order valence-corrected chi connectivity index (χ3v) is 1.66. The second-order valence-corrected chi connectivity index (χ2v) is 2.91. The van der Waals surface area contributed by atoms with Gasteiger partial charge in [-0.05, 0) is 26.3 Å². The molecular formula is C11H15N. The summed E-state index contributed by atoms with van der Waals surface area (Å²) in [5.74, 6) is 0. The molecule has 0 saturated carbocycles. The predicted molar refractivity (Wildman–Crippen MR) is 53.5 cm³/mol. The smallest absolute Gasteiger partial charge is 0.0117 e. The minimum atomic E-state index is 0.996. The molecule has 0 aromatic heterocycles. The van der Waals surface area contributed by atoms with Crippen LogP contribution in [0.1, 0.15) is 20.3 Å². The van der Waals surface area contributed by atoms with Gasteiger partial charge in [-0.3, -0.25) is 0 Å². The van der Waals surface area contributed by atoms with Crippen LogP contribution in [0.25, 0.3) is 0 Å². The average Bonchev–Trinajstić information content (AvgIpc) is 2.02. The van der Waals surface area contributed by atoms with Gasteiger partial charge >= 0.3 is 0 Å². The Balaban J connectivity index is 2.74. The fourth-order valence-corrected chi connectivity index (χ4v) is 1.07. The van der Waals surface area contributed by atoms with E-state index in [4.69, 9.17) is 0 Å². The summed E-state index contributed by atoms with van der Waals surface area (Å²) < 4.78 is 0. The van der Waals surface area contributed by atoms with E-state index in [0.29, 0.717) is 0 Å². The molecule has 0 aliphatic carbocycles. The Kier molecular flexibility index (Phi) is 3.39. The first-order valence-electron chi connectivity index (χ1n) is 4.23. The summed E-state index contributed by atoms with van der Waals surface area (Å²) in [5.41, 5.74) is 2.39. The zero-order chi connectivity index (χ0) is 8.81. The highest BCUT2D eigenvalue weighted by molar-refractivity contribution is 5.19. The summed E-state index contributed by atoms with van der Waals surface area (Å²) >= 11 is 0. The van der Waals surface area contributed by atoms with Crippen LogP contribution >= 0.6 is 0 Å². The summed E-state index contributed by atoms with van der Waals surface area (Å²) in [6.45, 7) is 4.14. The lowest BCUT2D eigenvalue weighted by molar-refractivity contribution is 0.956. The van der Waals surface area contributed by atoms with Crippen molar-refractivity contribution in [2.75, 3.05) is 0 Å². The molecule has 0 aromatic carbocycles. The molecule has 0 radical (unpaired) electrons. The van der Waals surface area contributed by atoms with E-state index in [9.17, 15) is 0 Å². The molecule has 1 rings (SSSR count). The van der Waals surface area contributed by atoms with E-state index < -0.39 is 0 Å². The van der Waals surface area contributed by atoms with Gasteiger partial charge in [0.25, 0.3) is 0 Å². The van der Waals surface area contributed by atoms with Gasteiger partial charge in [0.2, 0.25) is 0 Å². The van der Waals surface area contributed by atoms with Crippen LogP contribution in [0.5, 0.6) is 0 Å². The molecule has 1 aliphatic heterocycles. The second kappa shape index (κ2) is 4.60. The lowest BCUT2D eigenvalue weighted by Crippen LogP contribution is -2.07. The maximum atomic E-state index is 3.29. The van der Waals surface area contributed by atoms with Crippen LogP contribution in [0.15, 0.2) is 47.9 Å². The first-order chi connectivity index (χ1) is 5.79. The molecule has 12 heavy (non-hydrogen) atoms. The standard InChI is InChI=1S/C11H15N/c1-10-8-6-4-3-5-7-9-11(2)12-10/h3-6,8-9,12H,7H2,1-2H3/b5-3+,6-4-,10-8+,11-9-. The van der Waals surface area contributed by atoms with E-state index in [0.717, 1.165) is 6.42 Å². The highest BCUT2D eigenvalue weighted by atomic mass is 14.9. The minimum Gasteiger partial charge on any atom is -0.363 e. The van der Waals surface area contributed by atoms with Gasteiger partial charge in [-0.2, -0.15) is 0 Å².